The monoisotopic (exact) mass is 365 g/mol. The molecule has 2 N–H and O–H groups in total. The van der Waals surface area contributed by atoms with Gasteiger partial charge >= 0.3 is 0 Å². The van der Waals surface area contributed by atoms with Gasteiger partial charge in [0.15, 0.2) is 0 Å². The van der Waals surface area contributed by atoms with Gasteiger partial charge in [-0.25, -0.2) is 0 Å². The molecule has 0 unspecified atom stereocenters. The quantitative estimate of drug-likeness (QED) is 0.691. The average Bonchev–Trinajstić information content (AvgIpc) is 3.11. The van der Waals surface area contributed by atoms with Crippen LogP contribution in [0.3, 0.4) is 0 Å². The second-order valence-electron chi connectivity index (χ2n) is 5.78. The number of carbonyl (C=O) groups excluding carboxylic acids is 2. The van der Waals surface area contributed by atoms with Crippen molar-refractivity contribution >= 4 is 23.2 Å². The van der Waals surface area contributed by atoms with E-state index in [4.69, 9.17) is 9.26 Å². The van der Waals surface area contributed by atoms with Crippen molar-refractivity contribution in [3.05, 3.63) is 71.6 Å². The van der Waals surface area contributed by atoms with Crippen LogP contribution in [0.5, 0.6) is 5.75 Å². The number of aromatic nitrogens is 1. The van der Waals surface area contributed by atoms with Gasteiger partial charge in [-0.3, -0.25) is 9.59 Å². The molecule has 7 nitrogen and oxygen atoms in total. The average molecular weight is 365 g/mol. The summed E-state index contributed by atoms with van der Waals surface area (Å²) < 4.78 is 10.3. The number of hydrogen-bond acceptors (Lipinski definition) is 5. The molecular formula is C20H19N3O4. The highest BCUT2D eigenvalue weighted by Crippen LogP contribution is 2.17. The maximum absolute atomic E-state index is 12.3. The molecule has 3 rings (SSSR count). The van der Waals surface area contributed by atoms with Crippen LogP contribution in [0.25, 0.3) is 0 Å². The number of aryl methyl sites for hydroxylation is 1. The highest BCUT2D eigenvalue weighted by atomic mass is 16.5. The van der Waals surface area contributed by atoms with Gasteiger partial charge < -0.3 is 19.9 Å². The Morgan fingerprint density at radius 1 is 0.963 bits per heavy atom. The van der Waals surface area contributed by atoms with E-state index in [1.165, 1.54) is 0 Å². The number of nitrogens with one attached hydrogen (secondary N) is 2. The van der Waals surface area contributed by atoms with Crippen molar-refractivity contribution in [3.63, 3.8) is 0 Å². The first-order valence-electron chi connectivity index (χ1n) is 8.44. The van der Waals surface area contributed by atoms with Gasteiger partial charge in [0.1, 0.15) is 5.75 Å². The molecule has 0 radical (unpaired) electrons. The highest BCUT2D eigenvalue weighted by molar-refractivity contribution is 6.05. The smallest absolute Gasteiger partial charge is 0.294 e. The fourth-order valence-corrected chi connectivity index (χ4v) is 2.37. The fraction of sp³-hybridized carbons (Fsp3) is 0.150. The molecule has 2 amide bonds. The Kier molecular flexibility index (Phi) is 5.51. The molecule has 0 bridgehead atoms. The van der Waals surface area contributed by atoms with E-state index >= 15 is 0 Å². The lowest BCUT2D eigenvalue weighted by Gasteiger charge is -2.08. The zero-order valence-electron chi connectivity index (χ0n) is 15.0. The van der Waals surface area contributed by atoms with E-state index in [1.54, 1.807) is 61.5 Å². The molecular weight excluding hydrogens is 346 g/mol. The maximum atomic E-state index is 12.3. The summed E-state index contributed by atoms with van der Waals surface area (Å²) >= 11 is 0. The molecule has 0 fully saturated rings. The standard InChI is InChI=1S/C20H19N3O4/c1-3-26-17-10-8-16(9-11-17)21-19(24)14-4-6-15(7-5-14)22-20(25)18-12-13(2)23-27-18/h4-12H,3H2,1-2H3,(H,21,24)(H,22,25). The van der Waals surface area contributed by atoms with Crippen molar-refractivity contribution in [2.24, 2.45) is 0 Å². The number of nitrogens with zero attached hydrogens (tertiary/aromatic N) is 1. The van der Waals surface area contributed by atoms with E-state index in [9.17, 15) is 9.59 Å². The summed E-state index contributed by atoms with van der Waals surface area (Å²) in [6, 6.07) is 15.2. The second-order valence-corrected chi connectivity index (χ2v) is 5.78. The molecule has 2 aromatic carbocycles. The first-order chi connectivity index (χ1) is 13.0. The van der Waals surface area contributed by atoms with Gasteiger partial charge in [-0.05, 0) is 62.4 Å². The van der Waals surface area contributed by atoms with Gasteiger partial charge in [0.25, 0.3) is 11.8 Å². The zero-order chi connectivity index (χ0) is 19.2. The summed E-state index contributed by atoms with van der Waals surface area (Å²) in [4.78, 5) is 24.4. The number of rotatable bonds is 6. The molecule has 0 saturated carbocycles. The third-order valence-electron chi connectivity index (χ3n) is 3.68. The predicted octanol–water partition coefficient (Wildman–Crippen LogP) is 3.89. The Balaban J connectivity index is 1.60. The molecule has 0 aliphatic carbocycles. The van der Waals surface area contributed by atoms with Crippen LogP contribution in [-0.4, -0.2) is 23.6 Å². The third-order valence-corrected chi connectivity index (χ3v) is 3.68. The predicted molar refractivity (Wildman–Crippen MR) is 101 cm³/mol. The summed E-state index contributed by atoms with van der Waals surface area (Å²) in [7, 11) is 0. The van der Waals surface area contributed by atoms with Crippen LogP contribution in [0.2, 0.25) is 0 Å². The first kappa shape index (κ1) is 18.2. The van der Waals surface area contributed by atoms with Crippen molar-refractivity contribution in [1.82, 2.24) is 5.16 Å². The Morgan fingerprint density at radius 3 is 2.11 bits per heavy atom. The normalized spacial score (nSPS) is 10.3. The fourth-order valence-electron chi connectivity index (χ4n) is 2.37. The maximum Gasteiger partial charge on any atom is 0.294 e. The molecule has 27 heavy (non-hydrogen) atoms. The number of hydrogen-bond donors (Lipinski definition) is 2. The van der Waals surface area contributed by atoms with Gasteiger partial charge in [-0.15, -0.1) is 0 Å². The topological polar surface area (TPSA) is 93.5 Å². The lowest BCUT2D eigenvalue weighted by Crippen LogP contribution is -2.13. The van der Waals surface area contributed by atoms with Crippen LogP contribution in [0.15, 0.2) is 59.1 Å². The van der Waals surface area contributed by atoms with E-state index in [-0.39, 0.29) is 11.7 Å². The largest absolute Gasteiger partial charge is 0.494 e. The Labute approximate surface area is 156 Å². The third kappa shape index (κ3) is 4.72. The molecule has 0 spiro atoms. The summed E-state index contributed by atoms with van der Waals surface area (Å²) in [5, 5.41) is 9.17. The number of amides is 2. The van der Waals surface area contributed by atoms with Crippen LogP contribution >= 0.6 is 0 Å². The van der Waals surface area contributed by atoms with E-state index in [0.29, 0.717) is 29.2 Å². The molecule has 138 valence electrons. The minimum atomic E-state index is -0.401. The molecule has 0 aliphatic heterocycles. The second kappa shape index (κ2) is 8.18. The van der Waals surface area contributed by atoms with Crippen LogP contribution in [-0.2, 0) is 0 Å². The Hall–Kier alpha value is -3.61. The van der Waals surface area contributed by atoms with E-state index < -0.39 is 5.91 Å². The lowest BCUT2D eigenvalue weighted by atomic mass is 10.2. The lowest BCUT2D eigenvalue weighted by molar-refractivity contribution is 0.0986. The van der Waals surface area contributed by atoms with Crippen molar-refractivity contribution in [2.45, 2.75) is 13.8 Å². The van der Waals surface area contributed by atoms with Crippen molar-refractivity contribution in [2.75, 3.05) is 17.2 Å². The zero-order valence-corrected chi connectivity index (χ0v) is 15.0. The first-order valence-corrected chi connectivity index (χ1v) is 8.44. The molecule has 1 aromatic heterocycles. The van der Waals surface area contributed by atoms with Gasteiger partial charge in [0, 0.05) is 23.0 Å². The summed E-state index contributed by atoms with van der Waals surface area (Å²) in [6.45, 7) is 4.23. The molecule has 3 aromatic rings. The number of carbonyl (C=O) groups is 2. The van der Waals surface area contributed by atoms with E-state index in [0.717, 1.165) is 5.75 Å². The summed E-state index contributed by atoms with van der Waals surface area (Å²) in [6.07, 6.45) is 0. The summed E-state index contributed by atoms with van der Waals surface area (Å²) in [5.74, 6) is 0.229. The minimum absolute atomic E-state index is 0.129. The molecule has 7 heteroatoms. The van der Waals surface area contributed by atoms with Gasteiger partial charge in [-0.1, -0.05) is 5.16 Å². The van der Waals surface area contributed by atoms with E-state index in [1.807, 2.05) is 6.92 Å². The number of ether oxygens (including phenoxy) is 1. The van der Waals surface area contributed by atoms with Crippen LogP contribution in [0, 0.1) is 6.92 Å². The van der Waals surface area contributed by atoms with Crippen LogP contribution in [0.4, 0.5) is 11.4 Å². The van der Waals surface area contributed by atoms with Crippen LogP contribution < -0.4 is 15.4 Å². The van der Waals surface area contributed by atoms with Gasteiger partial charge in [0.2, 0.25) is 5.76 Å². The Bertz CT molecular complexity index is 931. The molecule has 1 heterocycles. The van der Waals surface area contributed by atoms with E-state index in [2.05, 4.69) is 15.8 Å². The molecule has 0 aliphatic rings. The van der Waals surface area contributed by atoms with Gasteiger partial charge in [-0.2, -0.15) is 0 Å². The summed E-state index contributed by atoms with van der Waals surface area (Å²) in [5.41, 5.74) is 2.31. The Morgan fingerprint density at radius 2 is 1.56 bits per heavy atom. The highest BCUT2D eigenvalue weighted by Gasteiger charge is 2.12. The molecule has 0 atom stereocenters. The minimum Gasteiger partial charge on any atom is -0.494 e. The van der Waals surface area contributed by atoms with Crippen LogP contribution in [0.1, 0.15) is 33.5 Å². The van der Waals surface area contributed by atoms with Crippen molar-refractivity contribution < 1.29 is 18.8 Å². The van der Waals surface area contributed by atoms with Crippen molar-refractivity contribution in [1.29, 1.82) is 0 Å². The SMILES string of the molecule is CCOc1ccc(NC(=O)c2ccc(NC(=O)c3cc(C)no3)cc2)cc1. The molecule has 0 saturated heterocycles. The number of benzene rings is 2. The van der Waals surface area contributed by atoms with Gasteiger partial charge in [0.05, 0.1) is 12.3 Å². The van der Waals surface area contributed by atoms with Crippen molar-refractivity contribution in [3.8, 4) is 5.75 Å². The number of anilines is 2.